The molecule has 98 valence electrons. The molecule has 2 aliphatic rings. The van der Waals surface area contributed by atoms with Gasteiger partial charge in [0.05, 0.1) is 12.3 Å². The molecule has 1 aromatic rings. The largest absolute Gasteiger partial charge is 0.491 e. The van der Waals surface area contributed by atoms with Crippen LogP contribution in [0.25, 0.3) is 0 Å². The number of para-hydroxylation sites is 1. The van der Waals surface area contributed by atoms with Crippen molar-refractivity contribution in [1.82, 2.24) is 4.90 Å². The number of rotatable bonds is 3. The maximum absolute atomic E-state index is 6.05. The van der Waals surface area contributed by atoms with E-state index < -0.39 is 0 Å². The molecule has 0 amide bonds. The highest BCUT2D eigenvalue weighted by Gasteiger charge is 2.21. The third kappa shape index (κ3) is 2.46. The van der Waals surface area contributed by atoms with Crippen LogP contribution in [0, 0.1) is 5.92 Å². The predicted molar refractivity (Wildman–Crippen MR) is 74.4 cm³/mol. The highest BCUT2D eigenvalue weighted by molar-refractivity contribution is 5.63. The van der Waals surface area contributed by atoms with Crippen molar-refractivity contribution in [3.8, 4) is 5.75 Å². The van der Waals surface area contributed by atoms with Gasteiger partial charge in [0, 0.05) is 19.0 Å². The lowest BCUT2D eigenvalue weighted by Gasteiger charge is -2.22. The molecule has 0 radical (unpaired) electrons. The van der Waals surface area contributed by atoms with Gasteiger partial charge in [-0.2, -0.15) is 0 Å². The molecule has 2 heterocycles. The zero-order valence-electron chi connectivity index (χ0n) is 11.1. The first-order valence-corrected chi connectivity index (χ1v) is 7.00. The fourth-order valence-corrected chi connectivity index (χ4v) is 2.97. The molecule has 0 aliphatic carbocycles. The van der Waals surface area contributed by atoms with Gasteiger partial charge in [0.1, 0.15) is 5.75 Å². The lowest BCUT2D eigenvalue weighted by atomic mass is 10.0. The maximum atomic E-state index is 6.05. The van der Waals surface area contributed by atoms with Gasteiger partial charge in [0.25, 0.3) is 0 Å². The zero-order chi connectivity index (χ0) is 12.4. The lowest BCUT2D eigenvalue weighted by Crippen LogP contribution is -2.19. The normalized spacial score (nSPS) is 23.5. The summed E-state index contributed by atoms with van der Waals surface area (Å²) >= 11 is 0. The van der Waals surface area contributed by atoms with Crippen LogP contribution in [0.3, 0.4) is 0 Å². The van der Waals surface area contributed by atoms with Crippen molar-refractivity contribution in [2.45, 2.75) is 19.3 Å². The van der Waals surface area contributed by atoms with Gasteiger partial charge < -0.3 is 15.0 Å². The predicted octanol–water partition coefficient (Wildman–Crippen LogP) is 2.38. The van der Waals surface area contributed by atoms with Crippen LogP contribution in [0.5, 0.6) is 5.75 Å². The van der Waals surface area contributed by atoms with Gasteiger partial charge in [0.2, 0.25) is 0 Å². The molecule has 1 fully saturated rings. The second kappa shape index (κ2) is 5.19. The minimum Gasteiger partial charge on any atom is -0.491 e. The van der Waals surface area contributed by atoms with Crippen molar-refractivity contribution in [3.05, 3.63) is 23.8 Å². The molecule has 1 aromatic carbocycles. The first kappa shape index (κ1) is 11.8. The molecular formula is C15H22N2O. The topological polar surface area (TPSA) is 24.5 Å². The van der Waals surface area contributed by atoms with E-state index in [4.69, 9.17) is 4.74 Å². The summed E-state index contributed by atoms with van der Waals surface area (Å²) in [4.78, 5) is 2.38. The minimum atomic E-state index is 0.689. The number of anilines is 1. The highest BCUT2D eigenvalue weighted by atomic mass is 16.5. The van der Waals surface area contributed by atoms with Crippen LogP contribution in [-0.4, -0.2) is 38.2 Å². The van der Waals surface area contributed by atoms with Gasteiger partial charge >= 0.3 is 0 Å². The Balaban J connectivity index is 1.65. The summed E-state index contributed by atoms with van der Waals surface area (Å²) in [6, 6.07) is 6.41. The molecule has 1 saturated heterocycles. The third-order valence-electron chi connectivity index (χ3n) is 4.00. The van der Waals surface area contributed by atoms with Crippen molar-refractivity contribution in [2.75, 3.05) is 38.6 Å². The van der Waals surface area contributed by atoms with Gasteiger partial charge in [-0.25, -0.2) is 0 Å². The van der Waals surface area contributed by atoms with Crippen molar-refractivity contribution in [2.24, 2.45) is 5.92 Å². The molecule has 1 atom stereocenters. The van der Waals surface area contributed by atoms with E-state index in [0.717, 1.165) is 18.9 Å². The standard InChI is InChI=1S/C15H22N2O/c1-17-9-7-12(10-17)11-18-14-6-2-4-13-5-3-8-16-15(13)14/h2,4,6,12,16H,3,5,7-11H2,1H3. The molecule has 3 rings (SSSR count). The second-order valence-electron chi connectivity index (χ2n) is 5.55. The zero-order valence-corrected chi connectivity index (χ0v) is 11.1. The number of fused-ring (bicyclic) bond motifs is 1. The first-order chi connectivity index (χ1) is 8.83. The summed E-state index contributed by atoms with van der Waals surface area (Å²) in [5.74, 6) is 1.73. The highest BCUT2D eigenvalue weighted by Crippen LogP contribution is 2.32. The van der Waals surface area contributed by atoms with E-state index in [1.165, 1.54) is 43.6 Å². The number of ether oxygens (including phenoxy) is 1. The lowest BCUT2D eigenvalue weighted by molar-refractivity contribution is 0.249. The summed E-state index contributed by atoms with van der Waals surface area (Å²) < 4.78 is 6.05. The Morgan fingerprint density at radius 3 is 3.22 bits per heavy atom. The monoisotopic (exact) mass is 246 g/mol. The van der Waals surface area contributed by atoms with Gasteiger partial charge in [-0.1, -0.05) is 12.1 Å². The Kier molecular flexibility index (Phi) is 3.41. The fraction of sp³-hybridized carbons (Fsp3) is 0.600. The summed E-state index contributed by atoms with van der Waals surface area (Å²) in [5.41, 5.74) is 2.64. The molecule has 2 aliphatic heterocycles. The van der Waals surface area contributed by atoms with Crippen LogP contribution in [0.2, 0.25) is 0 Å². The molecular weight excluding hydrogens is 224 g/mol. The molecule has 18 heavy (non-hydrogen) atoms. The summed E-state index contributed by atoms with van der Waals surface area (Å²) in [6.07, 6.45) is 3.66. The Bertz CT molecular complexity index is 419. The van der Waals surface area contributed by atoms with Gasteiger partial charge in [-0.3, -0.25) is 0 Å². The van der Waals surface area contributed by atoms with Crippen molar-refractivity contribution >= 4 is 5.69 Å². The van der Waals surface area contributed by atoms with Crippen LogP contribution >= 0.6 is 0 Å². The number of nitrogens with one attached hydrogen (secondary N) is 1. The van der Waals surface area contributed by atoms with E-state index in [-0.39, 0.29) is 0 Å². The van der Waals surface area contributed by atoms with E-state index in [2.05, 4.69) is 35.5 Å². The quantitative estimate of drug-likeness (QED) is 0.886. The van der Waals surface area contributed by atoms with Crippen LogP contribution < -0.4 is 10.1 Å². The number of hydrogen-bond acceptors (Lipinski definition) is 3. The average Bonchev–Trinajstić information content (AvgIpc) is 2.82. The molecule has 0 bridgehead atoms. The number of likely N-dealkylation sites (tertiary alicyclic amines) is 1. The SMILES string of the molecule is CN1CCC(COc2cccc3c2NCCC3)C1. The molecule has 3 nitrogen and oxygen atoms in total. The van der Waals surface area contributed by atoms with E-state index >= 15 is 0 Å². The minimum absolute atomic E-state index is 0.689. The molecule has 1 unspecified atom stereocenters. The smallest absolute Gasteiger partial charge is 0.142 e. The maximum Gasteiger partial charge on any atom is 0.142 e. The van der Waals surface area contributed by atoms with E-state index in [0.29, 0.717) is 5.92 Å². The van der Waals surface area contributed by atoms with Crippen molar-refractivity contribution < 1.29 is 4.74 Å². The average molecular weight is 246 g/mol. The Labute approximate surface area is 109 Å². The van der Waals surface area contributed by atoms with Crippen LogP contribution in [0.4, 0.5) is 5.69 Å². The van der Waals surface area contributed by atoms with E-state index in [1.807, 2.05) is 0 Å². The van der Waals surface area contributed by atoms with Gasteiger partial charge in [-0.05, 0) is 44.5 Å². The number of benzene rings is 1. The third-order valence-corrected chi connectivity index (χ3v) is 4.00. The summed E-state index contributed by atoms with van der Waals surface area (Å²) in [5, 5.41) is 3.48. The Morgan fingerprint density at radius 2 is 2.39 bits per heavy atom. The van der Waals surface area contributed by atoms with Crippen molar-refractivity contribution in [3.63, 3.8) is 0 Å². The number of hydrogen-bond donors (Lipinski definition) is 1. The van der Waals surface area contributed by atoms with Crippen LogP contribution in [0.15, 0.2) is 18.2 Å². The Morgan fingerprint density at radius 1 is 1.44 bits per heavy atom. The van der Waals surface area contributed by atoms with E-state index in [9.17, 15) is 0 Å². The molecule has 0 aromatic heterocycles. The Hall–Kier alpha value is -1.22. The molecule has 1 N–H and O–H groups in total. The molecule has 0 saturated carbocycles. The summed E-state index contributed by atoms with van der Waals surface area (Å²) in [6.45, 7) is 4.30. The van der Waals surface area contributed by atoms with E-state index in [1.54, 1.807) is 0 Å². The van der Waals surface area contributed by atoms with Crippen LogP contribution in [-0.2, 0) is 6.42 Å². The molecule has 0 spiro atoms. The second-order valence-corrected chi connectivity index (χ2v) is 5.55. The van der Waals surface area contributed by atoms with Gasteiger partial charge in [-0.15, -0.1) is 0 Å². The summed E-state index contributed by atoms with van der Waals surface area (Å²) in [7, 11) is 2.19. The van der Waals surface area contributed by atoms with Gasteiger partial charge in [0.15, 0.2) is 0 Å². The van der Waals surface area contributed by atoms with Crippen LogP contribution in [0.1, 0.15) is 18.4 Å². The molecule has 3 heteroatoms. The number of aryl methyl sites for hydroxylation is 1. The fourth-order valence-electron chi connectivity index (χ4n) is 2.97. The first-order valence-electron chi connectivity index (χ1n) is 7.00. The van der Waals surface area contributed by atoms with Crippen molar-refractivity contribution in [1.29, 1.82) is 0 Å². The number of nitrogens with zero attached hydrogens (tertiary/aromatic N) is 1.